The molecule has 0 aliphatic heterocycles. The molecule has 0 spiro atoms. The average Bonchev–Trinajstić information content (AvgIpc) is 2.81. The lowest BCUT2D eigenvalue weighted by Crippen LogP contribution is -2.05. The van der Waals surface area contributed by atoms with Crippen LogP contribution in [0.4, 0.5) is 13.2 Å². The summed E-state index contributed by atoms with van der Waals surface area (Å²) in [5.41, 5.74) is -0.856. The molecule has 0 aliphatic rings. The van der Waals surface area contributed by atoms with E-state index in [1.165, 1.54) is 12.4 Å². The van der Waals surface area contributed by atoms with Gasteiger partial charge in [0.25, 0.3) is 0 Å². The summed E-state index contributed by atoms with van der Waals surface area (Å²) in [7, 11) is 0. The summed E-state index contributed by atoms with van der Waals surface area (Å²) in [5, 5.41) is 8.87. The largest absolute Gasteiger partial charge is 0.416 e. The molecule has 0 amide bonds. The molecule has 0 radical (unpaired) electrons. The zero-order chi connectivity index (χ0) is 13.2. The molecule has 0 atom stereocenters. The Kier molecular flexibility index (Phi) is 3.54. The topological polar surface area (TPSA) is 49.6 Å². The van der Waals surface area contributed by atoms with Crippen molar-refractivity contribution in [3.63, 3.8) is 0 Å². The van der Waals surface area contributed by atoms with Crippen LogP contribution in [0.25, 0.3) is 0 Å². The fraction of sp³-hybridized carbons (Fsp3) is 0.100. The highest BCUT2D eigenvalue weighted by Crippen LogP contribution is 2.35. The summed E-state index contributed by atoms with van der Waals surface area (Å²) in [6, 6.07) is 4.81. The molecular formula is C10H4F3N3S2. The molecule has 1 aromatic heterocycles. The van der Waals surface area contributed by atoms with Crippen molar-refractivity contribution in [2.24, 2.45) is 0 Å². The molecule has 3 nitrogen and oxygen atoms in total. The normalized spacial score (nSPS) is 11.2. The van der Waals surface area contributed by atoms with Gasteiger partial charge in [-0.3, -0.25) is 0 Å². The van der Waals surface area contributed by atoms with E-state index >= 15 is 0 Å². The van der Waals surface area contributed by atoms with Crippen molar-refractivity contribution in [2.45, 2.75) is 15.4 Å². The first kappa shape index (κ1) is 12.9. The summed E-state index contributed by atoms with van der Waals surface area (Å²) < 4.78 is 41.8. The van der Waals surface area contributed by atoms with Crippen LogP contribution in [0, 0.1) is 11.3 Å². The van der Waals surface area contributed by atoms with Crippen LogP contribution in [0.2, 0.25) is 0 Å². The van der Waals surface area contributed by atoms with Crippen molar-refractivity contribution >= 4 is 23.3 Å². The fourth-order valence-corrected chi connectivity index (χ4v) is 2.65. The predicted molar refractivity (Wildman–Crippen MR) is 60.2 cm³/mol. The van der Waals surface area contributed by atoms with Gasteiger partial charge < -0.3 is 0 Å². The van der Waals surface area contributed by atoms with Crippen LogP contribution < -0.4 is 0 Å². The first-order valence-electron chi connectivity index (χ1n) is 4.56. The molecule has 0 aliphatic carbocycles. The molecule has 8 heteroatoms. The lowest BCUT2D eigenvalue weighted by molar-refractivity contribution is -0.137. The van der Waals surface area contributed by atoms with E-state index in [9.17, 15) is 13.2 Å². The zero-order valence-corrected chi connectivity index (χ0v) is 10.2. The van der Waals surface area contributed by atoms with Gasteiger partial charge in [0.15, 0.2) is 4.34 Å². The van der Waals surface area contributed by atoms with E-state index < -0.39 is 11.7 Å². The number of nitriles is 1. The number of hydrogen-bond acceptors (Lipinski definition) is 5. The number of rotatable bonds is 2. The maximum absolute atomic E-state index is 12.5. The molecule has 92 valence electrons. The van der Waals surface area contributed by atoms with Crippen LogP contribution in [0.3, 0.4) is 0 Å². The second-order valence-electron chi connectivity index (χ2n) is 3.13. The van der Waals surface area contributed by atoms with Gasteiger partial charge in [-0.2, -0.15) is 22.8 Å². The Bertz CT molecular complexity index is 587. The van der Waals surface area contributed by atoms with E-state index in [0.29, 0.717) is 9.24 Å². The molecule has 0 bridgehead atoms. The third-order valence-electron chi connectivity index (χ3n) is 1.97. The number of alkyl halides is 3. The minimum absolute atomic E-state index is 0.0231. The second kappa shape index (κ2) is 4.96. The number of halogens is 3. The van der Waals surface area contributed by atoms with Crippen molar-refractivity contribution < 1.29 is 13.2 Å². The smallest absolute Gasteiger partial charge is 0.216 e. The Balaban J connectivity index is 2.36. The van der Waals surface area contributed by atoms with Crippen molar-refractivity contribution in [3.8, 4) is 6.07 Å². The maximum Gasteiger partial charge on any atom is 0.416 e. The summed E-state index contributed by atoms with van der Waals surface area (Å²) >= 11 is 2.24. The second-order valence-corrected chi connectivity index (χ2v) is 5.20. The van der Waals surface area contributed by atoms with E-state index in [-0.39, 0.29) is 5.56 Å². The van der Waals surface area contributed by atoms with Gasteiger partial charge in [-0.1, -0.05) is 11.8 Å². The Hall–Kier alpha value is -1.59. The summed E-state index contributed by atoms with van der Waals surface area (Å²) in [5.74, 6) is 0. The zero-order valence-electron chi connectivity index (χ0n) is 8.60. The molecule has 2 aromatic rings. The highest BCUT2D eigenvalue weighted by molar-refractivity contribution is 8.01. The molecule has 0 fully saturated rings. The average molecular weight is 287 g/mol. The van der Waals surface area contributed by atoms with Gasteiger partial charge in [-0.15, -0.1) is 0 Å². The lowest BCUT2D eigenvalue weighted by atomic mass is 10.1. The summed E-state index contributed by atoms with van der Waals surface area (Å²) in [6.07, 6.45) is -3.10. The van der Waals surface area contributed by atoms with Crippen LogP contribution >= 0.6 is 23.3 Å². The van der Waals surface area contributed by atoms with Crippen molar-refractivity contribution in [3.05, 3.63) is 35.7 Å². The molecule has 1 heterocycles. The minimum Gasteiger partial charge on any atom is -0.216 e. The highest BCUT2D eigenvalue weighted by Gasteiger charge is 2.31. The quantitative estimate of drug-likeness (QED) is 0.847. The first-order chi connectivity index (χ1) is 8.50. The first-order valence-corrected chi connectivity index (χ1v) is 6.15. The van der Waals surface area contributed by atoms with E-state index in [1.54, 1.807) is 6.07 Å². The lowest BCUT2D eigenvalue weighted by Gasteiger charge is -2.08. The predicted octanol–water partition coefficient (Wildman–Crippen LogP) is 3.58. The Morgan fingerprint density at radius 3 is 2.67 bits per heavy atom. The molecule has 0 saturated carbocycles. The summed E-state index contributed by atoms with van der Waals surface area (Å²) in [6.45, 7) is 0. The SMILES string of the molecule is N#Cc1cc(C(F)(F)F)ccc1Sc1ncns1. The molecule has 0 N–H and O–H groups in total. The van der Waals surface area contributed by atoms with Crippen LogP contribution in [0.5, 0.6) is 0 Å². The van der Waals surface area contributed by atoms with Gasteiger partial charge in [-0.25, -0.2) is 4.98 Å². The van der Waals surface area contributed by atoms with Crippen molar-refractivity contribution in [1.29, 1.82) is 5.26 Å². The maximum atomic E-state index is 12.5. The van der Waals surface area contributed by atoms with Gasteiger partial charge in [0.1, 0.15) is 12.4 Å². The highest BCUT2D eigenvalue weighted by atomic mass is 32.2. The van der Waals surface area contributed by atoms with Crippen molar-refractivity contribution in [1.82, 2.24) is 9.36 Å². The summed E-state index contributed by atoms with van der Waals surface area (Å²) in [4.78, 5) is 4.33. The van der Waals surface area contributed by atoms with Crippen molar-refractivity contribution in [2.75, 3.05) is 0 Å². The Labute approximate surface area is 108 Å². The minimum atomic E-state index is -4.45. The molecular weight excluding hydrogens is 283 g/mol. The van der Waals surface area contributed by atoms with Crippen LogP contribution in [0.1, 0.15) is 11.1 Å². The molecule has 2 rings (SSSR count). The molecule has 18 heavy (non-hydrogen) atoms. The standard InChI is InChI=1S/C10H4F3N3S2/c11-10(12,13)7-1-2-8(6(3-7)4-14)17-9-15-5-16-18-9/h1-3,5H. The monoisotopic (exact) mass is 287 g/mol. The van der Waals surface area contributed by atoms with Gasteiger partial charge in [-0.05, 0) is 29.7 Å². The third kappa shape index (κ3) is 2.80. The molecule has 0 unspecified atom stereocenters. The van der Waals surface area contributed by atoms with E-state index in [1.807, 2.05) is 0 Å². The molecule has 0 saturated heterocycles. The molecule has 1 aromatic carbocycles. The van der Waals surface area contributed by atoms with E-state index in [4.69, 9.17) is 5.26 Å². The number of benzene rings is 1. The number of nitrogens with zero attached hydrogens (tertiary/aromatic N) is 3. The Morgan fingerprint density at radius 2 is 2.11 bits per heavy atom. The van der Waals surface area contributed by atoms with Crippen LogP contribution in [0.15, 0.2) is 33.8 Å². The number of aromatic nitrogens is 2. The van der Waals surface area contributed by atoms with Crippen LogP contribution in [-0.2, 0) is 6.18 Å². The number of hydrogen-bond donors (Lipinski definition) is 0. The fourth-order valence-electron chi connectivity index (χ4n) is 1.18. The van der Waals surface area contributed by atoms with Gasteiger partial charge in [0.2, 0.25) is 0 Å². The van der Waals surface area contributed by atoms with E-state index in [0.717, 1.165) is 35.4 Å². The van der Waals surface area contributed by atoms with Gasteiger partial charge in [0, 0.05) is 4.90 Å². The Morgan fingerprint density at radius 1 is 1.33 bits per heavy atom. The van der Waals surface area contributed by atoms with Gasteiger partial charge in [0.05, 0.1) is 11.1 Å². The van der Waals surface area contributed by atoms with Gasteiger partial charge >= 0.3 is 6.18 Å². The van der Waals surface area contributed by atoms with E-state index in [2.05, 4.69) is 9.36 Å². The third-order valence-corrected chi connectivity index (χ3v) is 3.76. The van der Waals surface area contributed by atoms with Crippen LogP contribution in [-0.4, -0.2) is 9.36 Å².